The molecule has 0 saturated carbocycles. The van der Waals surface area contributed by atoms with E-state index in [1.807, 2.05) is 0 Å². The van der Waals surface area contributed by atoms with E-state index in [-0.39, 0.29) is 17.0 Å². The number of hydrogen-bond donors (Lipinski definition) is 0. The van der Waals surface area contributed by atoms with Crippen LogP contribution < -0.4 is 0 Å². The molecule has 0 amide bonds. The number of ketones is 1. The predicted molar refractivity (Wildman–Crippen MR) is 65.7 cm³/mol. The molecule has 0 bridgehead atoms. The van der Waals surface area contributed by atoms with Crippen molar-refractivity contribution in [1.82, 2.24) is 0 Å². The van der Waals surface area contributed by atoms with Crippen LogP contribution in [0.4, 0.5) is 8.78 Å². The molecule has 1 aromatic carbocycles. The Morgan fingerprint density at radius 1 is 1.28 bits per heavy atom. The average Bonchev–Trinajstić information content (AvgIpc) is 2.32. The van der Waals surface area contributed by atoms with Crippen LogP contribution in [-0.4, -0.2) is 18.5 Å². The Hall–Kier alpha value is -1.29. The Kier molecular flexibility index (Phi) is 4.96. The minimum absolute atomic E-state index is 0.0961. The zero-order valence-corrected chi connectivity index (χ0v) is 11.1. The zero-order valence-electron chi connectivity index (χ0n) is 11.1. The predicted octanol–water partition coefficient (Wildman–Crippen LogP) is 3.52. The van der Waals surface area contributed by atoms with Crippen LogP contribution in [0.1, 0.15) is 36.7 Å². The Labute approximate surface area is 106 Å². The van der Waals surface area contributed by atoms with Gasteiger partial charge in [0.2, 0.25) is 0 Å². The molecule has 0 aliphatic rings. The van der Waals surface area contributed by atoms with Gasteiger partial charge in [0, 0.05) is 6.61 Å². The van der Waals surface area contributed by atoms with Crippen molar-refractivity contribution in [3.8, 4) is 0 Å². The van der Waals surface area contributed by atoms with Gasteiger partial charge in [-0.2, -0.15) is 0 Å². The number of halogens is 2. The molecule has 0 radical (unpaired) electrons. The molecule has 0 aromatic heterocycles. The summed E-state index contributed by atoms with van der Waals surface area (Å²) in [5, 5.41) is 0. The van der Waals surface area contributed by atoms with Crippen LogP contribution in [0.15, 0.2) is 12.1 Å². The second-order valence-corrected chi connectivity index (χ2v) is 4.54. The summed E-state index contributed by atoms with van der Waals surface area (Å²) in [5.74, 6) is -2.67. The minimum atomic E-state index is -1.09. The van der Waals surface area contributed by atoms with Gasteiger partial charge in [0.1, 0.15) is 6.10 Å². The van der Waals surface area contributed by atoms with Gasteiger partial charge in [0.05, 0.1) is 5.56 Å². The summed E-state index contributed by atoms with van der Waals surface area (Å²) >= 11 is 0. The number of benzene rings is 1. The Balaban J connectivity index is 3.13. The van der Waals surface area contributed by atoms with E-state index in [9.17, 15) is 13.6 Å². The summed E-state index contributed by atoms with van der Waals surface area (Å²) in [7, 11) is 0. The third-order valence-electron chi connectivity index (χ3n) is 2.75. The molecule has 0 fully saturated rings. The molecule has 1 atom stereocenters. The number of carbonyl (C=O) groups excluding carboxylic acids is 1. The second kappa shape index (κ2) is 6.05. The van der Waals surface area contributed by atoms with E-state index in [1.54, 1.807) is 20.8 Å². The van der Waals surface area contributed by atoms with Gasteiger partial charge in [-0.05, 0) is 31.4 Å². The van der Waals surface area contributed by atoms with Crippen molar-refractivity contribution in [3.05, 3.63) is 34.9 Å². The molecule has 1 unspecified atom stereocenters. The van der Waals surface area contributed by atoms with Gasteiger partial charge >= 0.3 is 0 Å². The molecule has 18 heavy (non-hydrogen) atoms. The lowest BCUT2D eigenvalue weighted by Gasteiger charge is -2.20. The van der Waals surface area contributed by atoms with E-state index < -0.39 is 23.5 Å². The first-order chi connectivity index (χ1) is 8.40. The molecule has 1 rings (SSSR count). The topological polar surface area (TPSA) is 26.3 Å². The molecule has 0 aliphatic heterocycles. The van der Waals surface area contributed by atoms with Crippen molar-refractivity contribution in [3.63, 3.8) is 0 Å². The summed E-state index contributed by atoms with van der Waals surface area (Å²) in [5.41, 5.74) is -0.0631. The van der Waals surface area contributed by atoms with Gasteiger partial charge in [-0.1, -0.05) is 19.9 Å². The Bertz CT molecular complexity index is 442. The number of Topliss-reactive ketones (excluding diaryl/α,β-unsaturated/α-hetero) is 1. The summed E-state index contributed by atoms with van der Waals surface area (Å²) in [4.78, 5) is 12.1. The largest absolute Gasteiger partial charge is 0.370 e. The smallest absolute Gasteiger partial charge is 0.194 e. The zero-order chi connectivity index (χ0) is 13.9. The van der Waals surface area contributed by atoms with E-state index in [4.69, 9.17) is 4.74 Å². The molecule has 0 spiro atoms. The van der Waals surface area contributed by atoms with Crippen molar-refractivity contribution in [2.24, 2.45) is 5.92 Å². The Morgan fingerprint density at radius 2 is 1.89 bits per heavy atom. The molecule has 1 aromatic rings. The summed E-state index contributed by atoms with van der Waals surface area (Å²) in [6.07, 6.45) is -0.744. The third kappa shape index (κ3) is 2.93. The van der Waals surface area contributed by atoms with Crippen molar-refractivity contribution in [1.29, 1.82) is 0 Å². The van der Waals surface area contributed by atoms with Crippen LogP contribution in [0.2, 0.25) is 0 Å². The van der Waals surface area contributed by atoms with Crippen LogP contribution in [0, 0.1) is 24.5 Å². The van der Waals surface area contributed by atoms with Gasteiger partial charge in [0.15, 0.2) is 17.4 Å². The van der Waals surface area contributed by atoms with Gasteiger partial charge in [-0.3, -0.25) is 4.79 Å². The van der Waals surface area contributed by atoms with Crippen LogP contribution in [0.5, 0.6) is 0 Å². The maximum atomic E-state index is 13.7. The second-order valence-electron chi connectivity index (χ2n) is 4.54. The lowest BCUT2D eigenvalue weighted by molar-refractivity contribution is 0.0276. The standard InChI is InChI=1S/C14H18F2O2/c1-5-18-14(8(2)3)13(17)10-7-6-9(4)11(15)12(10)16/h6-8,14H,5H2,1-4H3. The van der Waals surface area contributed by atoms with Crippen molar-refractivity contribution in [2.75, 3.05) is 6.61 Å². The van der Waals surface area contributed by atoms with Crippen molar-refractivity contribution < 1.29 is 18.3 Å². The van der Waals surface area contributed by atoms with Crippen LogP contribution in [0.3, 0.4) is 0 Å². The SMILES string of the molecule is CCOC(C(=O)c1ccc(C)c(F)c1F)C(C)C. The molecule has 100 valence electrons. The highest BCUT2D eigenvalue weighted by atomic mass is 19.2. The van der Waals surface area contributed by atoms with Gasteiger partial charge in [-0.15, -0.1) is 0 Å². The first-order valence-corrected chi connectivity index (χ1v) is 6.00. The molecule has 0 aliphatic carbocycles. The van der Waals surface area contributed by atoms with Crippen LogP contribution >= 0.6 is 0 Å². The minimum Gasteiger partial charge on any atom is -0.370 e. The average molecular weight is 256 g/mol. The van der Waals surface area contributed by atoms with E-state index in [2.05, 4.69) is 0 Å². The maximum absolute atomic E-state index is 13.7. The molecule has 2 nitrogen and oxygen atoms in total. The van der Waals surface area contributed by atoms with Gasteiger partial charge in [0.25, 0.3) is 0 Å². The van der Waals surface area contributed by atoms with E-state index in [0.29, 0.717) is 6.61 Å². The first-order valence-electron chi connectivity index (χ1n) is 6.00. The molecule has 0 N–H and O–H groups in total. The van der Waals surface area contributed by atoms with Crippen LogP contribution in [-0.2, 0) is 4.74 Å². The van der Waals surface area contributed by atoms with E-state index in [1.165, 1.54) is 19.1 Å². The Morgan fingerprint density at radius 3 is 2.39 bits per heavy atom. The number of ether oxygens (including phenoxy) is 1. The maximum Gasteiger partial charge on any atom is 0.194 e. The summed E-state index contributed by atoms with van der Waals surface area (Å²) in [6.45, 7) is 7.18. The van der Waals surface area contributed by atoms with Crippen molar-refractivity contribution in [2.45, 2.75) is 33.8 Å². The normalized spacial score (nSPS) is 12.8. The number of aryl methyl sites for hydroxylation is 1. The van der Waals surface area contributed by atoms with Crippen molar-refractivity contribution >= 4 is 5.78 Å². The fourth-order valence-electron chi connectivity index (χ4n) is 1.74. The first kappa shape index (κ1) is 14.8. The number of rotatable bonds is 5. The van der Waals surface area contributed by atoms with E-state index in [0.717, 1.165) is 0 Å². The van der Waals surface area contributed by atoms with Gasteiger partial charge in [-0.25, -0.2) is 8.78 Å². The summed E-state index contributed by atoms with van der Waals surface area (Å²) in [6, 6.07) is 2.71. The quantitative estimate of drug-likeness (QED) is 0.753. The van der Waals surface area contributed by atoms with Gasteiger partial charge < -0.3 is 4.74 Å². The molecular weight excluding hydrogens is 238 g/mol. The highest BCUT2D eigenvalue weighted by Crippen LogP contribution is 2.20. The fourth-order valence-corrected chi connectivity index (χ4v) is 1.74. The molecule has 0 saturated heterocycles. The third-order valence-corrected chi connectivity index (χ3v) is 2.75. The molecule has 0 heterocycles. The highest BCUT2D eigenvalue weighted by Gasteiger charge is 2.27. The lowest BCUT2D eigenvalue weighted by atomic mass is 9.96. The van der Waals surface area contributed by atoms with E-state index >= 15 is 0 Å². The van der Waals surface area contributed by atoms with Crippen LogP contribution in [0.25, 0.3) is 0 Å². The number of carbonyl (C=O) groups is 1. The monoisotopic (exact) mass is 256 g/mol. The fraction of sp³-hybridized carbons (Fsp3) is 0.500. The number of hydrogen-bond acceptors (Lipinski definition) is 2. The highest BCUT2D eigenvalue weighted by molar-refractivity contribution is 6.00. The lowest BCUT2D eigenvalue weighted by Crippen LogP contribution is -2.30. The summed E-state index contributed by atoms with van der Waals surface area (Å²) < 4.78 is 32.5. The molecular formula is C14H18F2O2. The molecule has 4 heteroatoms.